The van der Waals surface area contributed by atoms with E-state index in [9.17, 15) is 13.2 Å². The van der Waals surface area contributed by atoms with Gasteiger partial charge in [0.15, 0.2) is 0 Å². The summed E-state index contributed by atoms with van der Waals surface area (Å²) in [6.45, 7) is 4.86. The number of unbranched alkanes of at least 4 members (excludes halogenated alkanes) is 2. The van der Waals surface area contributed by atoms with Crippen LogP contribution in [0.3, 0.4) is 0 Å². The Balaban J connectivity index is 2.14. The van der Waals surface area contributed by atoms with Gasteiger partial charge in [0.1, 0.15) is 0 Å². The maximum Gasteiger partial charge on any atom is 0.264 e. The summed E-state index contributed by atoms with van der Waals surface area (Å²) in [4.78, 5) is 12.4. The van der Waals surface area contributed by atoms with Crippen LogP contribution in [0.5, 0.6) is 0 Å². The van der Waals surface area contributed by atoms with E-state index in [2.05, 4.69) is 12.2 Å². The van der Waals surface area contributed by atoms with Gasteiger partial charge in [-0.3, -0.25) is 9.10 Å². The lowest BCUT2D eigenvalue weighted by molar-refractivity contribution is 0.0953. The second-order valence-corrected chi connectivity index (χ2v) is 7.86. The van der Waals surface area contributed by atoms with Gasteiger partial charge in [0.25, 0.3) is 15.9 Å². The fourth-order valence-corrected chi connectivity index (χ4v) is 4.16. The zero-order valence-electron chi connectivity index (χ0n) is 15.3. The van der Waals surface area contributed by atoms with Crippen LogP contribution in [-0.2, 0) is 10.0 Å². The van der Waals surface area contributed by atoms with Gasteiger partial charge in [0.2, 0.25) is 0 Å². The minimum Gasteiger partial charge on any atom is -0.352 e. The van der Waals surface area contributed by atoms with Crippen molar-refractivity contribution >= 4 is 21.6 Å². The van der Waals surface area contributed by atoms with Gasteiger partial charge in [0.05, 0.1) is 10.6 Å². The van der Waals surface area contributed by atoms with Crippen LogP contribution in [-0.4, -0.2) is 27.4 Å². The van der Waals surface area contributed by atoms with Gasteiger partial charge in [-0.05, 0) is 49.7 Å². The molecule has 0 saturated carbocycles. The Morgan fingerprint density at radius 1 is 0.962 bits per heavy atom. The van der Waals surface area contributed by atoms with Crippen molar-refractivity contribution in [3.63, 3.8) is 0 Å². The van der Waals surface area contributed by atoms with Crippen LogP contribution in [0, 0.1) is 0 Å². The van der Waals surface area contributed by atoms with E-state index in [0.717, 1.165) is 19.3 Å². The number of amides is 1. The van der Waals surface area contributed by atoms with Gasteiger partial charge in [-0.15, -0.1) is 0 Å². The molecule has 6 heteroatoms. The summed E-state index contributed by atoms with van der Waals surface area (Å²) in [5, 5.41) is 2.88. The number of nitrogens with zero attached hydrogens (tertiary/aromatic N) is 1. The lowest BCUT2D eigenvalue weighted by Gasteiger charge is -2.23. The molecule has 0 aromatic heterocycles. The van der Waals surface area contributed by atoms with Gasteiger partial charge >= 0.3 is 0 Å². The number of sulfonamides is 1. The second-order valence-electron chi connectivity index (χ2n) is 5.99. The fraction of sp³-hybridized carbons (Fsp3) is 0.350. The van der Waals surface area contributed by atoms with E-state index >= 15 is 0 Å². The van der Waals surface area contributed by atoms with Gasteiger partial charge in [-0.25, -0.2) is 8.42 Å². The van der Waals surface area contributed by atoms with Crippen molar-refractivity contribution in [2.75, 3.05) is 17.4 Å². The number of hydrogen-bond donors (Lipinski definition) is 1. The lowest BCUT2D eigenvalue weighted by atomic mass is 10.2. The number of carbonyl (C=O) groups excluding carboxylic acids is 1. The summed E-state index contributed by atoms with van der Waals surface area (Å²) in [7, 11) is -3.63. The number of anilines is 1. The molecular formula is C20H26N2O3S. The molecule has 5 nitrogen and oxygen atoms in total. The first kappa shape index (κ1) is 20.0. The van der Waals surface area contributed by atoms with E-state index in [0.29, 0.717) is 24.3 Å². The predicted octanol–water partition coefficient (Wildman–Crippen LogP) is 3.82. The van der Waals surface area contributed by atoms with Gasteiger partial charge in [-0.2, -0.15) is 0 Å². The predicted molar refractivity (Wildman–Crippen MR) is 105 cm³/mol. The van der Waals surface area contributed by atoms with Gasteiger partial charge in [0, 0.05) is 18.7 Å². The minimum absolute atomic E-state index is 0.137. The van der Waals surface area contributed by atoms with Crippen molar-refractivity contribution in [2.45, 2.75) is 38.0 Å². The van der Waals surface area contributed by atoms with Crippen molar-refractivity contribution in [1.82, 2.24) is 5.32 Å². The SMILES string of the molecule is CCCCCNC(=O)c1ccc(N(CC)S(=O)(=O)c2ccccc2)cc1. The summed E-state index contributed by atoms with van der Waals surface area (Å²) in [5.41, 5.74) is 1.07. The minimum atomic E-state index is -3.63. The van der Waals surface area contributed by atoms with E-state index in [4.69, 9.17) is 0 Å². The first-order chi connectivity index (χ1) is 12.5. The van der Waals surface area contributed by atoms with E-state index in [-0.39, 0.29) is 10.8 Å². The molecule has 0 radical (unpaired) electrons. The summed E-state index contributed by atoms with van der Waals surface area (Å²) in [6.07, 6.45) is 3.15. The highest BCUT2D eigenvalue weighted by atomic mass is 32.2. The highest BCUT2D eigenvalue weighted by Gasteiger charge is 2.23. The van der Waals surface area contributed by atoms with Gasteiger partial charge in [-0.1, -0.05) is 38.0 Å². The van der Waals surface area contributed by atoms with Crippen LogP contribution in [0.1, 0.15) is 43.5 Å². The molecule has 2 aromatic carbocycles. The number of nitrogens with one attached hydrogen (secondary N) is 1. The van der Waals surface area contributed by atoms with Crippen molar-refractivity contribution in [2.24, 2.45) is 0 Å². The molecule has 2 rings (SSSR count). The van der Waals surface area contributed by atoms with Crippen molar-refractivity contribution in [3.05, 3.63) is 60.2 Å². The molecule has 0 spiro atoms. The Morgan fingerprint density at radius 2 is 1.62 bits per heavy atom. The Bertz CT molecular complexity index is 803. The van der Waals surface area contributed by atoms with Crippen LogP contribution in [0.2, 0.25) is 0 Å². The molecule has 140 valence electrons. The topological polar surface area (TPSA) is 66.5 Å². The monoisotopic (exact) mass is 374 g/mol. The van der Waals surface area contributed by atoms with E-state index in [1.807, 2.05) is 0 Å². The Kier molecular flexibility index (Phi) is 7.21. The molecule has 0 saturated heterocycles. The molecule has 0 bridgehead atoms. The molecule has 0 atom stereocenters. The number of rotatable bonds is 9. The number of hydrogen-bond acceptors (Lipinski definition) is 3. The normalized spacial score (nSPS) is 11.2. The maximum atomic E-state index is 12.8. The molecule has 26 heavy (non-hydrogen) atoms. The average Bonchev–Trinajstić information content (AvgIpc) is 2.67. The third kappa shape index (κ3) is 4.85. The molecule has 0 aliphatic carbocycles. The zero-order chi connectivity index (χ0) is 19.0. The molecular weight excluding hydrogens is 348 g/mol. The van der Waals surface area contributed by atoms with Crippen LogP contribution in [0.25, 0.3) is 0 Å². The fourth-order valence-electron chi connectivity index (χ4n) is 2.67. The van der Waals surface area contributed by atoms with Gasteiger partial charge < -0.3 is 5.32 Å². The highest BCUT2D eigenvalue weighted by Crippen LogP contribution is 2.23. The summed E-state index contributed by atoms with van der Waals surface area (Å²) < 4.78 is 27.0. The quantitative estimate of drug-likeness (QED) is 0.679. The van der Waals surface area contributed by atoms with E-state index in [1.165, 1.54) is 4.31 Å². The van der Waals surface area contributed by atoms with Crippen LogP contribution < -0.4 is 9.62 Å². The van der Waals surface area contributed by atoms with Crippen molar-refractivity contribution in [1.29, 1.82) is 0 Å². The standard InChI is InChI=1S/C20H26N2O3S/c1-3-5-9-16-21-20(23)17-12-14-18(15-13-17)22(4-2)26(24,25)19-10-7-6-8-11-19/h6-8,10-15H,3-5,9,16H2,1-2H3,(H,21,23). The highest BCUT2D eigenvalue weighted by molar-refractivity contribution is 7.92. The van der Waals surface area contributed by atoms with Crippen molar-refractivity contribution in [3.8, 4) is 0 Å². The molecule has 0 aliphatic rings. The Hall–Kier alpha value is -2.34. The molecule has 0 fully saturated rings. The maximum absolute atomic E-state index is 12.8. The summed E-state index contributed by atoms with van der Waals surface area (Å²) in [6, 6.07) is 15.0. The summed E-state index contributed by atoms with van der Waals surface area (Å²) >= 11 is 0. The third-order valence-corrected chi connectivity index (χ3v) is 6.02. The summed E-state index contributed by atoms with van der Waals surface area (Å²) in [5.74, 6) is -0.137. The van der Waals surface area contributed by atoms with E-state index in [1.54, 1.807) is 61.5 Å². The molecule has 0 aliphatic heterocycles. The van der Waals surface area contributed by atoms with Crippen molar-refractivity contribution < 1.29 is 13.2 Å². The molecule has 0 unspecified atom stereocenters. The average molecular weight is 375 g/mol. The van der Waals surface area contributed by atoms with Crippen LogP contribution in [0.4, 0.5) is 5.69 Å². The number of carbonyl (C=O) groups is 1. The second kappa shape index (κ2) is 9.38. The largest absolute Gasteiger partial charge is 0.352 e. The smallest absolute Gasteiger partial charge is 0.264 e. The molecule has 1 N–H and O–H groups in total. The lowest BCUT2D eigenvalue weighted by Crippen LogP contribution is -2.31. The first-order valence-corrected chi connectivity index (χ1v) is 10.4. The molecule has 0 heterocycles. The molecule has 1 amide bonds. The Labute approximate surface area is 156 Å². The number of benzene rings is 2. The first-order valence-electron chi connectivity index (χ1n) is 8.96. The third-order valence-electron chi connectivity index (χ3n) is 4.10. The van der Waals surface area contributed by atoms with E-state index < -0.39 is 10.0 Å². The Morgan fingerprint density at radius 3 is 2.19 bits per heavy atom. The zero-order valence-corrected chi connectivity index (χ0v) is 16.1. The molecule has 2 aromatic rings. The van der Waals surface area contributed by atoms with Crippen LogP contribution >= 0.6 is 0 Å². The van der Waals surface area contributed by atoms with Crippen LogP contribution in [0.15, 0.2) is 59.5 Å².